The van der Waals surface area contributed by atoms with Gasteiger partial charge in [0.25, 0.3) is 0 Å². The van der Waals surface area contributed by atoms with E-state index >= 15 is 0 Å². The fourth-order valence-electron chi connectivity index (χ4n) is 5.46. The summed E-state index contributed by atoms with van der Waals surface area (Å²) in [6.45, 7) is 0.829. The number of carbonyl (C=O) groups excluding carboxylic acids is 2. The number of rotatable bonds is 6. The van der Waals surface area contributed by atoms with Crippen LogP contribution in [0.25, 0.3) is 11.3 Å². The molecule has 0 saturated heterocycles. The lowest BCUT2D eigenvalue weighted by molar-refractivity contribution is -0.136. The van der Waals surface area contributed by atoms with E-state index in [2.05, 4.69) is 5.32 Å². The van der Waals surface area contributed by atoms with Gasteiger partial charge >= 0.3 is 11.9 Å². The standard InChI is InChI=1S/C31H23N3O4S/c35-29-27-24(16-37-29)34(15-19-9-3-1-4-10-19)25-17-38-30(36)28(25)26(27)21-13-7-8-14-22(21)32-31-33-23(18-39-31)20-11-5-2-6-12-20/h1-14,18,26H,15-17H2,(H,32,33). The lowest BCUT2D eigenvalue weighted by Gasteiger charge is -2.34. The first-order valence-corrected chi connectivity index (χ1v) is 13.5. The zero-order valence-corrected chi connectivity index (χ0v) is 21.6. The molecule has 7 nitrogen and oxygen atoms in total. The molecule has 4 aromatic rings. The highest BCUT2D eigenvalue weighted by molar-refractivity contribution is 7.14. The van der Waals surface area contributed by atoms with E-state index in [1.54, 1.807) is 0 Å². The lowest BCUT2D eigenvalue weighted by Crippen LogP contribution is -2.32. The van der Waals surface area contributed by atoms with E-state index in [-0.39, 0.29) is 13.2 Å². The van der Waals surface area contributed by atoms with Crippen molar-refractivity contribution in [3.63, 3.8) is 0 Å². The SMILES string of the molecule is O=C1OCC2=C1C(c1ccccc1Nc1nc(-c3ccccc3)cs1)C1=C(COC1=O)N2Cc1ccccc1. The molecule has 8 heteroatoms. The normalized spacial score (nSPS) is 16.8. The molecule has 4 heterocycles. The quantitative estimate of drug-likeness (QED) is 0.315. The molecule has 0 radical (unpaired) electrons. The average molecular weight is 534 g/mol. The van der Waals surface area contributed by atoms with Gasteiger partial charge in [0.2, 0.25) is 0 Å². The highest BCUT2D eigenvalue weighted by Gasteiger charge is 2.48. The summed E-state index contributed by atoms with van der Waals surface area (Å²) in [7, 11) is 0. The van der Waals surface area contributed by atoms with Gasteiger partial charge in [-0.05, 0) is 17.2 Å². The maximum absolute atomic E-state index is 13.2. The third-order valence-corrected chi connectivity index (χ3v) is 8.00. The van der Waals surface area contributed by atoms with Gasteiger partial charge in [0, 0.05) is 23.2 Å². The smallest absolute Gasteiger partial charge is 0.337 e. The molecular weight excluding hydrogens is 510 g/mol. The van der Waals surface area contributed by atoms with Gasteiger partial charge in [0.15, 0.2) is 5.13 Å². The third kappa shape index (κ3) is 4.09. The maximum Gasteiger partial charge on any atom is 0.337 e. The third-order valence-electron chi connectivity index (χ3n) is 7.24. The van der Waals surface area contributed by atoms with E-state index in [1.807, 2.05) is 95.2 Å². The summed E-state index contributed by atoms with van der Waals surface area (Å²) in [4.78, 5) is 33.2. The van der Waals surface area contributed by atoms with Crippen molar-refractivity contribution >= 4 is 34.1 Å². The number of nitrogens with zero attached hydrogens (tertiary/aromatic N) is 2. The van der Waals surface area contributed by atoms with Crippen molar-refractivity contribution in [2.75, 3.05) is 18.5 Å². The molecule has 0 atom stereocenters. The number of carbonyl (C=O) groups is 2. The zero-order valence-electron chi connectivity index (χ0n) is 20.8. The number of cyclic esters (lactones) is 2. The maximum atomic E-state index is 13.2. The number of hydrogen-bond acceptors (Lipinski definition) is 8. The predicted octanol–water partition coefficient (Wildman–Crippen LogP) is 5.77. The van der Waals surface area contributed by atoms with Crippen LogP contribution < -0.4 is 5.32 Å². The summed E-state index contributed by atoms with van der Waals surface area (Å²) in [5.41, 5.74) is 7.08. The van der Waals surface area contributed by atoms with E-state index in [0.717, 1.165) is 39.5 Å². The van der Waals surface area contributed by atoms with Crippen LogP contribution in [0.4, 0.5) is 10.8 Å². The van der Waals surface area contributed by atoms with Gasteiger partial charge < -0.3 is 19.7 Å². The topological polar surface area (TPSA) is 80.8 Å². The van der Waals surface area contributed by atoms with Crippen molar-refractivity contribution in [1.82, 2.24) is 9.88 Å². The zero-order chi connectivity index (χ0) is 26.3. The highest BCUT2D eigenvalue weighted by Crippen LogP contribution is 2.49. The number of hydrogen-bond donors (Lipinski definition) is 1. The van der Waals surface area contributed by atoms with E-state index in [0.29, 0.717) is 22.8 Å². The minimum absolute atomic E-state index is 0.158. The summed E-state index contributed by atoms with van der Waals surface area (Å²) in [6.07, 6.45) is 0. The van der Waals surface area contributed by atoms with Crippen molar-refractivity contribution in [3.8, 4) is 11.3 Å². The van der Waals surface area contributed by atoms with Gasteiger partial charge in [-0.3, -0.25) is 0 Å². The van der Waals surface area contributed by atoms with Crippen LogP contribution in [0, 0.1) is 0 Å². The summed E-state index contributed by atoms with van der Waals surface area (Å²) in [5.74, 6) is -1.42. The number of anilines is 2. The van der Waals surface area contributed by atoms with Gasteiger partial charge in [-0.25, -0.2) is 14.6 Å². The number of esters is 2. The molecule has 0 unspecified atom stereocenters. The largest absolute Gasteiger partial charge is 0.456 e. The molecule has 0 bridgehead atoms. The van der Waals surface area contributed by atoms with E-state index in [1.165, 1.54) is 11.3 Å². The van der Waals surface area contributed by atoms with Crippen molar-refractivity contribution in [2.45, 2.75) is 12.5 Å². The molecule has 3 aromatic carbocycles. The Labute approximate surface area is 229 Å². The van der Waals surface area contributed by atoms with Crippen molar-refractivity contribution < 1.29 is 19.1 Å². The Bertz CT molecular complexity index is 1620. The Morgan fingerprint density at radius 1 is 0.821 bits per heavy atom. The molecule has 3 aliphatic rings. The molecule has 1 N–H and O–H groups in total. The number of para-hydroxylation sites is 1. The molecule has 192 valence electrons. The first kappa shape index (κ1) is 23.4. The number of ether oxygens (including phenoxy) is 2. The molecule has 0 aliphatic carbocycles. The van der Waals surface area contributed by atoms with Crippen molar-refractivity contribution in [1.29, 1.82) is 0 Å². The fourth-order valence-corrected chi connectivity index (χ4v) is 6.19. The highest BCUT2D eigenvalue weighted by atomic mass is 32.1. The van der Waals surface area contributed by atoms with Crippen LogP contribution in [-0.4, -0.2) is 35.0 Å². The van der Waals surface area contributed by atoms with Gasteiger partial charge in [-0.1, -0.05) is 78.9 Å². The molecule has 7 rings (SSSR count). The van der Waals surface area contributed by atoms with Crippen LogP contribution in [0.3, 0.4) is 0 Å². The van der Waals surface area contributed by atoms with Crippen LogP contribution in [0.2, 0.25) is 0 Å². The number of benzene rings is 3. The minimum atomic E-state index is -0.607. The fraction of sp³-hybridized carbons (Fsp3) is 0.129. The summed E-state index contributed by atoms with van der Waals surface area (Å²) in [6, 6.07) is 27.7. The van der Waals surface area contributed by atoms with Crippen LogP contribution >= 0.6 is 11.3 Å². The van der Waals surface area contributed by atoms with Crippen molar-refractivity contribution in [3.05, 3.63) is 124 Å². The van der Waals surface area contributed by atoms with Gasteiger partial charge in [-0.15, -0.1) is 11.3 Å². The van der Waals surface area contributed by atoms with Gasteiger partial charge in [-0.2, -0.15) is 0 Å². The van der Waals surface area contributed by atoms with E-state index < -0.39 is 17.9 Å². The van der Waals surface area contributed by atoms with Crippen LogP contribution in [0.5, 0.6) is 0 Å². The Morgan fingerprint density at radius 2 is 1.44 bits per heavy atom. The molecule has 1 aromatic heterocycles. The first-order valence-electron chi connectivity index (χ1n) is 12.7. The summed E-state index contributed by atoms with van der Waals surface area (Å²) < 4.78 is 11.1. The summed E-state index contributed by atoms with van der Waals surface area (Å²) >= 11 is 1.50. The predicted molar refractivity (Wildman–Crippen MR) is 148 cm³/mol. The van der Waals surface area contributed by atoms with E-state index in [9.17, 15) is 9.59 Å². The number of nitrogens with one attached hydrogen (secondary N) is 1. The Balaban J connectivity index is 1.30. The molecule has 0 spiro atoms. The molecule has 0 fully saturated rings. The van der Waals surface area contributed by atoms with Crippen LogP contribution in [-0.2, 0) is 25.6 Å². The molecule has 3 aliphatic heterocycles. The second kappa shape index (κ2) is 9.56. The second-order valence-electron chi connectivity index (χ2n) is 9.49. The number of aromatic nitrogens is 1. The molecule has 0 amide bonds. The summed E-state index contributed by atoms with van der Waals surface area (Å²) in [5, 5.41) is 6.17. The Kier molecular flexibility index (Phi) is 5.74. The Hall–Kier alpha value is -4.69. The number of thiazole rings is 1. The lowest BCUT2D eigenvalue weighted by atomic mass is 9.80. The van der Waals surface area contributed by atoms with Crippen LogP contribution in [0.15, 0.2) is 113 Å². The molecule has 0 saturated carbocycles. The van der Waals surface area contributed by atoms with Gasteiger partial charge in [0.05, 0.1) is 34.2 Å². The monoisotopic (exact) mass is 533 g/mol. The first-order chi connectivity index (χ1) is 19.2. The molecule has 39 heavy (non-hydrogen) atoms. The molecular formula is C31H23N3O4S. The average Bonchev–Trinajstić information content (AvgIpc) is 3.70. The minimum Gasteiger partial charge on any atom is -0.456 e. The second-order valence-corrected chi connectivity index (χ2v) is 10.4. The van der Waals surface area contributed by atoms with Crippen molar-refractivity contribution in [2.24, 2.45) is 0 Å². The Morgan fingerprint density at radius 3 is 2.13 bits per heavy atom. The van der Waals surface area contributed by atoms with Crippen LogP contribution in [0.1, 0.15) is 17.0 Å². The van der Waals surface area contributed by atoms with Gasteiger partial charge in [0.1, 0.15) is 13.2 Å². The van der Waals surface area contributed by atoms with E-state index in [4.69, 9.17) is 14.5 Å².